The van der Waals surface area contributed by atoms with Crippen molar-refractivity contribution in [2.45, 2.75) is 6.92 Å². The van der Waals surface area contributed by atoms with Gasteiger partial charge in [-0.3, -0.25) is 0 Å². The average molecular weight is 242 g/mol. The molecule has 3 N–H and O–H groups in total. The Labute approximate surface area is 106 Å². The van der Waals surface area contributed by atoms with Crippen molar-refractivity contribution in [3.8, 4) is 0 Å². The summed E-state index contributed by atoms with van der Waals surface area (Å²) in [5.74, 6) is -0.259. The summed E-state index contributed by atoms with van der Waals surface area (Å²) in [5, 5.41) is 3.12. The molecule has 0 unspecified atom stereocenters. The number of halogens is 1. The van der Waals surface area contributed by atoms with Gasteiger partial charge in [0.05, 0.1) is 0 Å². The maximum atomic E-state index is 12.8. The molecule has 0 aliphatic rings. The van der Waals surface area contributed by atoms with Gasteiger partial charge in [-0.2, -0.15) is 0 Å². The second-order valence-electron chi connectivity index (χ2n) is 4.18. The highest BCUT2D eigenvalue weighted by atomic mass is 19.1. The minimum absolute atomic E-state index is 0.259. The molecule has 92 valence electrons. The second kappa shape index (κ2) is 4.92. The smallest absolute Gasteiger partial charge is 0.123 e. The fourth-order valence-electron chi connectivity index (χ4n) is 1.61. The van der Waals surface area contributed by atoms with E-state index in [1.807, 2.05) is 25.1 Å². The highest BCUT2D eigenvalue weighted by molar-refractivity contribution is 5.76. The minimum Gasteiger partial charge on any atom is -0.398 e. The monoisotopic (exact) mass is 242 g/mol. The number of anilines is 2. The zero-order valence-electron chi connectivity index (χ0n) is 10.2. The predicted molar refractivity (Wildman–Crippen MR) is 74.6 cm³/mol. The first kappa shape index (κ1) is 12.2. The summed E-state index contributed by atoms with van der Waals surface area (Å²) < 4.78 is 12.8. The largest absolute Gasteiger partial charge is 0.398 e. The fourth-order valence-corrected chi connectivity index (χ4v) is 1.61. The summed E-state index contributed by atoms with van der Waals surface area (Å²) in [5.41, 5.74) is 10.1. The molecule has 0 bridgehead atoms. The summed E-state index contributed by atoms with van der Waals surface area (Å²) in [7, 11) is 0. The van der Waals surface area contributed by atoms with Crippen molar-refractivity contribution >= 4 is 17.1 Å². The van der Waals surface area contributed by atoms with E-state index in [1.165, 1.54) is 12.1 Å². The normalized spacial score (nSPS) is 10.1. The first-order valence-corrected chi connectivity index (χ1v) is 5.64. The number of nitrogens with two attached hydrogens (primary N) is 1. The van der Waals surface area contributed by atoms with E-state index in [-0.39, 0.29) is 5.82 Å². The maximum Gasteiger partial charge on any atom is 0.123 e. The molecule has 0 aliphatic heterocycles. The van der Waals surface area contributed by atoms with Crippen molar-refractivity contribution in [3.05, 3.63) is 66.0 Å². The Morgan fingerprint density at radius 3 is 2.44 bits per heavy atom. The van der Waals surface area contributed by atoms with Crippen LogP contribution in [0.25, 0.3) is 5.70 Å². The zero-order chi connectivity index (χ0) is 13.1. The topological polar surface area (TPSA) is 38.0 Å². The third-order valence-corrected chi connectivity index (χ3v) is 2.77. The molecular formula is C15H15FN2. The zero-order valence-corrected chi connectivity index (χ0v) is 10.2. The van der Waals surface area contributed by atoms with Gasteiger partial charge in [-0.15, -0.1) is 0 Å². The van der Waals surface area contributed by atoms with Gasteiger partial charge in [-0.25, -0.2) is 4.39 Å². The summed E-state index contributed by atoms with van der Waals surface area (Å²) >= 11 is 0. The van der Waals surface area contributed by atoms with E-state index >= 15 is 0 Å². The van der Waals surface area contributed by atoms with Crippen LogP contribution < -0.4 is 11.1 Å². The Morgan fingerprint density at radius 2 is 1.83 bits per heavy atom. The minimum atomic E-state index is -0.259. The van der Waals surface area contributed by atoms with Gasteiger partial charge in [0.15, 0.2) is 0 Å². The molecule has 0 saturated heterocycles. The van der Waals surface area contributed by atoms with Crippen molar-refractivity contribution in [2.75, 3.05) is 11.1 Å². The number of nitrogen functional groups attached to an aromatic ring is 1. The molecule has 18 heavy (non-hydrogen) atoms. The Morgan fingerprint density at radius 1 is 1.17 bits per heavy atom. The molecule has 0 spiro atoms. The van der Waals surface area contributed by atoms with Gasteiger partial charge in [0.2, 0.25) is 0 Å². The number of benzene rings is 2. The van der Waals surface area contributed by atoms with E-state index in [0.29, 0.717) is 0 Å². The Hall–Kier alpha value is -2.29. The van der Waals surface area contributed by atoms with Crippen LogP contribution in [-0.2, 0) is 0 Å². The molecule has 0 atom stereocenters. The lowest BCUT2D eigenvalue weighted by atomic mass is 10.1. The van der Waals surface area contributed by atoms with Crippen LogP contribution >= 0.6 is 0 Å². The van der Waals surface area contributed by atoms with Crippen molar-refractivity contribution in [3.63, 3.8) is 0 Å². The number of hydrogen-bond donors (Lipinski definition) is 2. The highest BCUT2D eigenvalue weighted by Gasteiger charge is 2.02. The second-order valence-corrected chi connectivity index (χ2v) is 4.18. The maximum absolute atomic E-state index is 12.8. The van der Waals surface area contributed by atoms with Crippen LogP contribution in [0.3, 0.4) is 0 Å². The average Bonchev–Trinajstić information content (AvgIpc) is 2.35. The third kappa shape index (κ3) is 2.69. The van der Waals surface area contributed by atoms with Gasteiger partial charge in [0.1, 0.15) is 5.82 Å². The number of hydrogen-bond acceptors (Lipinski definition) is 2. The highest BCUT2D eigenvalue weighted by Crippen LogP contribution is 2.21. The lowest BCUT2D eigenvalue weighted by Gasteiger charge is -2.11. The van der Waals surface area contributed by atoms with Crippen molar-refractivity contribution in [2.24, 2.45) is 0 Å². The van der Waals surface area contributed by atoms with Crippen LogP contribution in [0.2, 0.25) is 0 Å². The third-order valence-electron chi connectivity index (χ3n) is 2.77. The van der Waals surface area contributed by atoms with Gasteiger partial charge in [-0.05, 0) is 48.4 Å². The lowest BCUT2D eigenvalue weighted by Crippen LogP contribution is -1.99. The van der Waals surface area contributed by atoms with Crippen LogP contribution in [0.5, 0.6) is 0 Å². The van der Waals surface area contributed by atoms with E-state index in [9.17, 15) is 4.39 Å². The van der Waals surface area contributed by atoms with Crippen LogP contribution in [-0.4, -0.2) is 0 Å². The van der Waals surface area contributed by atoms with E-state index in [4.69, 9.17) is 5.73 Å². The molecule has 2 rings (SSSR count). The number of aryl methyl sites for hydroxylation is 1. The lowest BCUT2D eigenvalue weighted by molar-refractivity contribution is 0.628. The van der Waals surface area contributed by atoms with Gasteiger partial charge in [0, 0.05) is 17.1 Å². The van der Waals surface area contributed by atoms with Crippen molar-refractivity contribution in [1.29, 1.82) is 0 Å². The Kier molecular flexibility index (Phi) is 3.33. The summed E-state index contributed by atoms with van der Waals surface area (Å²) in [6.07, 6.45) is 0. The van der Waals surface area contributed by atoms with Gasteiger partial charge >= 0.3 is 0 Å². The molecule has 0 radical (unpaired) electrons. The Bertz CT molecular complexity index is 574. The molecule has 2 aromatic carbocycles. The summed E-state index contributed by atoms with van der Waals surface area (Å²) in [6, 6.07) is 11.9. The van der Waals surface area contributed by atoms with Crippen LogP contribution in [0, 0.1) is 12.7 Å². The van der Waals surface area contributed by atoms with E-state index in [2.05, 4.69) is 11.9 Å². The molecule has 0 saturated carbocycles. The number of nitrogens with one attached hydrogen (secondary N) is 1. The SMILES string of the molecule is C=C(Nc1ccc(F)cc1)c1ccc(C)c(N)c1. The summed E-state index contributed by atoms with van der Waals surface area (Å²) in [4.78, 5) is 0. The molecular weight excluding hydrogens is 227 g/mol. The number of rotatable bonds is 3. The first-order valence-electron chi connectivity index (χ1n) is 5.64. The standard InChI is InChI=1S/C15H15FN2/c1-10-3-4-12(9-15(10)17)11(2)18-14-7-5-13(16)6-8-14/h3-9,18H,2,17H2,1H3. The predicted octanol–water partition coefficient (Wildman–Crippen LogP) is 3.80. The summed E-state index contributed by atoms with van der Waals surface area (Å²) in [6.45, 7) is 5.91. The van der Waals surface area contributed by atoms with Gasteiger partial charge in [-0.1, -0.05) is 18.7 Å². The van der Waals surface area contributed by atoms with Crippen LogP contribution in [0.4, 0.5) is 15.8 Å². The quantitative estimate of drug-likeness (QED) is 0.803. The van der Waals surface area contributed by atoms with Crippen molar-refractivity contribution in [1.82, 2.24) is 0 Å². The fraction of sp³-hybridized carbons (Fsp3) is 0.0667. The Balaban J connectivity index is 2.16. The van der Waals surface area contributed by atoms with Gasteiger partial charge < -0.3 is 11.1 Å². The van der Waals surface area contributed by atoms with E-state index in [1.54, 1.807) is 12.1 Å². The molecule has 0 fully saturated rings. The molecule has 0 aliphatic carbocycles. The van der Waals surface area contributed by atoms with E-state index in [0.717, 1.165) is 28.2 Å². The van der Waals surface area contributed by atoms with Gasteiger partial charge in [0.25, 0.3) is 0 Å². The molecule has 3 heteroatoms. The molecule has 2 aromatic rings. The van der Waals surface area contributed by atoms with Crippen molar-refractivity contribution < 1.29 is 4.39 Å². The van der Waals surface area contributed by atoms with Crippen LogP contribution in [0.1, 0.15) is 11.1 Å². The first-order chi connectivity index (χ1) is 8.56. The molecule has 0 aromatic heterocycles. The van der Waals surface area contributed by atoms with E-state index < -0.39 is 0 Å². The molecule has 2 nitrogen and oxygen atoms in total. The molecule has 0 amide bonds. The van der Waals surface area contributed by atoms with Crippen LogP contribution in [0.15, 0.2) is 49.0 Å². The molecule has 0 heterocycles.